The second-order valence-corrected chi connectivity index (χ2v) is 7.57. The van der Waals surface area contributed by atoms with Gasteiger partial charge in [-0.2, -0.15) is 19.6 Å². The summed E-state index contributed by atoms with van der Waals surface area (Å²) in [5.74, 6) is 1.23. The smallest absolute Gasteiger partial charge is 0.321 e. The minimum Gasteiger partial charge on any atom is -0.460 e. The monoisotopic (exact) mass is 431 g/mol. The molecule has 1 aromatic carbocycles. The predicted octanol–water partition coefficient (Wildman–Crippen LogP) is 2.52. The number of aromatic nitrogens is 6. The predicted molar refractivity (Wildman–Crippen MR) is 104 cm³/mol. The fraction of sp³-hybridized carbons (Fsp3) is 0.294. The van der Waals surface area contributed by atoms with E-state index in [0.717, 1.165) is 16.9 Å². The summed E-state index contributed by atoms with van der Waals surface area (Å²) >= 11 is 3.42. The minimum absolute atomic E-state index is 0.0674. The molecule has 27 heavy (non-hydrogen) atoms. The number of fused-ring (bicyclic) bond motifs is 2. The van der Waals surface area contributed by atoms with E-state index in [1.165, 1.54) is 0 Å². The van der Waals surface area contributed by atoms with Crippen LogP contribution in [0.15, 0.2) is 34.9 Å². The first-order valence-corrected chi connectivity index (χ1v) is 9.12. The highest BCUT2D eigenvalue weighted by Crippen LogP contribution is 2.21. The third-order valence-electron chi connectivity index (χ3n) is 3.71. The highest BCUT2D eigenvalue weighted by molar-refractivity contribution is 9.10. The lowest BCUT2D eigenvalue weighted by Gasteiger charge is -2.17. The van der Waals surface area contributed by atoms with Gasteiger partial charge in [0.25, 0.3) is 0 Å². The Labute approximate surface area is 162 Å². The molecule has 0 radical (unpaired) electrons. The Bertz CT molecular complexity index is 1070. The Kier molecular flexibility index (Phi) is 4.44. The van der Waals surface area contributed by atoms with Crippen molar-refractivity contribution in [1.29, 1.82) is 0 Å². The molecule has 0 bridgehead atoms. The van der Waals surface area contributed by atoms with E-state index in [1.54, 1.807) is 24.6 Å². The van der Waals surface area contributed by atoms with Gasteiger partial charge in [0.1, 0.15) is 12.4 Å². The van der Waals surface area contributed by atoms with E-state index in [9.17, 15) is 5.11 Å². The molecule has 4 rings (SSSR count). The fourth-order valence-electron chi connectivity index (χ4n) is 2.50. The van der Waals surface area contributed by atoms with Gasteiger partial charge in [-0.15, -0.1) is 0 Å². The molecule has 0 saturated heterocycles. The van der Waals surface area contributed by atoms with Crippen molar-refractivity contribution in [2.45, 2.75) is 26.0 Å². The van der Waals surface area contributed by atoms with Crippen LogP contribution in [-0.4, -0.2) is 46.9 Å². The molecule has 0 saturated carbocycles. The van der Waals surface area contributed by atoms with Crippen LogP contribution in [0.25, 0.3) is 16.7 Å². The lowest BCUT2D eigenvalue weighted by atomic mass is 10.2. The summed E-state index contributed by atoms with van der Waals surface area (Å²) in [6, 6.07) is 7.98. The molecule has 0 aliphatic carbocycles. The Morgan fingerprint density at radius 3 is 2.85 bits per heavy atom. The first-order chi connectivity index (χ1) is 12.9. The Morgan fingerprint density at radius 2 is 2.07 bits per heavy atom. The average molecular weight is 432 g/mol. The number of benzene rings is 1. The van der Waals surface area contributed by atoms with E-state index in [-0.39, 0.29) is 12.6 Å². The van der Waals surface area contributed by atoms with Crippen LogP contribution in [0.2, 0.25) is 0 Å². The molecule has 0 aliphatic heterocycles. The number of anilines is 1. The van der Waals surface area contributed by atoms with Gasteiger partial charge in [-0.25, -0.2) is 4.98 Å². The summed E-state index contributed by atoms with van der Waals surface area (Å²) in [5.41, 5.74) is 1.44. The summed E-state index contributed by atoms with van der Waals surface area (Å²) in [4.78, 5) is 16.5. The number of aromatic amines is 1. The molecule has 3 N–H and O–H groups in total. The van der Waals surface area contributed by atoms with Gasteiger partial charge in [-0.1, -0.05) is 12.1 Å². The third kappa shape index (κ3) is 3.86. The highest BCUT2D eigenvalue weighted by Gasteiger charge is 2.17. The minimum atomic E-state index is -0.991. The lowest BCUT2D eigenvalue weighted by molar-refractivity contribution is 0.0251. The van der Waals surface area contributed by atoms with Crippen molar-refractivity contribution in [2.24, 2.45) is 0 Å². The average Bonchev–Trinajstić information content (AvgIpc) is 3.21. The van der Waals surface area contributed by atoms with Gasteiger partial charge >= 0.3 is 6.01 Å². The first-order valence-electron chi connectivity index (χ1n) is 8.33. The lowest BCUT2D eigenvalue weighted by Crippen LogP contribution is -2.28. The topological polar surface area (TPSA) is 113 Å². The first kappa shape index (κ1) is 17.7. The van der Waals surface area contributed by atoms with Gasteiger partial charge in [0.2, 0.25) is 5.95 Å². The van der Waals surface area contributed by atoms with Crippen LogP contribution in [0.5, 0.6) is 6.01 Å². The van der Waals surface area contributed by atoms with E-state index in [1.807, 2.05) is 24.3 Å². The summed E-state index contributed by atoms with van der Waals surface area (Å²) < 4.78 is 7.83. The fourth-order valence-corrected chi connectivity index (χ4v) is 2.85. The van der Waals surface area contributed by atoms with Crippen molar-refractivity contribution < 1.29 is 9.84 Å². The molecule has 0 aliphatic rings. The van der Waals surface area contributed by atoms with Crippen molar-refractivity contribution >= 4 is 38.6 Å². The molecular weight excluding hydrogens is 414 g/mol. The number of hydrogen-bond acceptors (Lipinski definition) is 7. The SMILES string of the molecule is CC(C)(O)COc1nc(NCc2nc3ccccc3[nH]2)n2ncc(Br)c2n1. The van der Waals surface area contributed by atoms with Crippen molar-refractivity contribution in [3.63, 3.8) is 0 Å². The molecule has 4 aromatic rings. The van der Waals surface area contributed by atoms with Gasteiger partial charge in [0, 0.05) is 0 Å². The van der Waals surface area contributed by atoms with Crippen molar-refractivity contribution in [2.75, 3.05) is 11.9 Å². The van der Waals surface area contributed by atoms with Gasteiger partial charge in [0.05, 0.1) is 33.8 Å². The standard InChI is InChI=1S/C17H18BrN7O2/c1-17(2,26)9-27-16-23-14-10(18)7-20-25(14)15(24-16)19-8-13-21-11-5-3-4-6-12(11)22-13/h3-7,26H,8-9H2,1-2H3,(H,21,22)(H,19,23,24). The highest BCUT2D eigenvalue weighted by atomic mass is 79.9. The molecule has 0 unspecified atom stereocenters. The summed E-state index contributed by atoms with van der Waals surface area (Å²) in [6.45, 7) is 3.79. The molecule has 10 heteroatoms. The summed E-state index contributed by atoms with van der Waals surface area (Å²) in [5, 5.41) is 17.3. The molecule has 0 fully saturated rings. The molecule has 0 amide bonds. The normalized spacial score (nSPS) is 12.0. The van der Waals surface area contributed by atoms with E-state index in [2.05, 4.69) is 46.3 Å². The number of imidazole rings is 1. The van der Waals surface area contributed by atoms with Crippen LogP contribution in [-0.2, 0) is 6.54 Å². The van der Waals surface area contributed by atoms with Crippen LogP contribution < -0.4 is 10.1 Å². The summed E-state index contributed by atoms with van der Waals surface area (Å²) in [7, 11) is 0. The third-order valence-corrected chi connectivity index (χ3v) is 4.27. The number of aliphatic hydroxyl groups is 1. The number of nitrogens with one attached hydrogen (secondary N) is 2. The van der Waals surface area contributed by atoms with Gasteiger partial charge in [-0.3, -0.25) is 0 Å². The number of rotatable bonds is 6. The number of para-hydroxylation sites is 2. The van der Waals surface area contributed by atoms with Crippen LogP contribution in [0.1, 0.15) is 19.7 Å². The van der Waals surface area contributed by atoms with E-state index in [0.29, 0.717) is 22.6 Å². The summed E-state index contributed by atoms with van der Waals surface area (Å²) in [6.07, 6.45) is 1.64. The number of nitrogens with zero attached hydrogens (tertiary/aromatic N) is 5. The number of halogens is 1. The largest absolute Gasteiger partial charge is 0.460 e. The Hall–Kier alpha value is -2.72. The quantitative estimate of drug-likeness (QED) is 0.429. The number of ether oxygens (including phenoxy) is 1. The van der Waals surface area contributed by atoms with Crippen LogP contribution >= 0.6 is 15.9 Å². The second kappa shape index (κ2) is 6.78. The molecule has 3 aromatic heterocycles. The molecule has 0 spiro atoms. The maximum atomic E-state index is 9.86. The molecular formula is C17H18BrN7O2. The van der Waals surface area contributed by atoms with Crippen molar-refractivity contribution in [3.05, 3.63) is 40.8 Å². The van der Waals surface area contributed by atoms with Crippen molar-refractivity contribution in [1.82, 2.24) is 29.5 Å². The van der Waals surface area contributed by atoms with Gasteiger partial charge in [0.15, 0.2) is 5.65 Å². The number of hydrogen-bond donors (Lipinski definition) is 3. The number of H-pyrrole nitrogens is 1. The van der Waals surface area contributed by atoms with Crippen LogP contribution in [0.3, 0.4) is 0 Å². The Morgan fingerprint density at radius 1 is 1.26 bits per heavy atom. The van der Waals surface area contributed by atoms with Gasteiger partial charge < -0.3 is 20.1 Å². The molecule has 9 nitrogen and oxygen atoms in total. The molecule has 140 valence electrons. The van der Waals surface area contributed by atoms with Gasteiger partial charge in [-0.05, 0) is 41.9 Å². The van der Waals surface area contributed by atoms with E-state index < -0.39 is 5.60 Å². The van der Waals surface area contributed by atoms with Crippen LogP contribution in [0.4, 0.5) is 5.95 Å². The van der Waals surface area contributed by atoms with E-state index >= 15 is 0 Å². The van der Waals surface area contributed by atoms with E-state index in [4.69, 9.17) is 4.74 Å². The maximum absolute atomic E-state index is 9.86. The zero-order chi connectivity index (χ0) is 19.0. The Balaban J connectivity index is 1.61. The zero-order valence-electron chi connectivity index (χ0n) is 14.8. The molecule has 3 heterocycles. The second-order valence-electron chi connectivity index (χ2n) is 6.71. The zero-order valence-corrected chi connectivity index (χ0v) is 16.4. The van der Waals surface area contributed by atoms with Crippen LogP contribution in [0, 0.1) is 0 Å². The van der Waals surface area contributed by atoms with Crippen molar-refractivity contribution in [3.8, 4) is 6.01 Å². The maximum Gasteiger partial charge on any atom is 0.321 e. The molecule has 0 atom stereocenters.